The smallest absolute Gasteiger partial charge is 0.123 e. The number of piperazine rings is 1. The van der Waals surface area contributed by atoms with Crippen LogP contribution in [0.15, 0.2) is 72.8 Å². The lowest BCUT2D eigenvalue weighted by molar-refractivity contribution is 0.118. The molecule has 34 heavy (non-hydrogen) atoms. The monoisotopic (exact) mass is 463 g/mol. The van der Waals surface area contributed by atoms with Crippen molar-refractivity contribution in [2.75, 3.05) is 56.6 Å². The molecule has 1 fully saturated rings. The first kappa shape index (κ1) is 24.2. The number of aliphatic hydroxyl groups excluding tert-OH is 1. The molecule has 2 N–H and O–H groups in total. The Morgan fingerprint density at radius 1 is 0.853 bits per heavy atom. The highest BCUT2D eigenvalue weighted by Gasteiger charge is 2.19. The highest BCUT2D eigenvalue weighted by molar-refractivity contribution is 5.49. The molecule has 5 nitrogen and oxygen atoms in total. The molecular weight excluding hydrogens is 429 g/mol. The number of benzene rings is 3. The molecular formula is C28H34FN3O2. The summed E-state index contributed by atoms with van der Waals surface area (Å²) >= 11 is 0. The fraction of sp³-hybridized carbons (Fsp3) is 0.357. The van der Waals surface area contributed by atoms with E-state index in [2.05, 4.69) is 39.4 Å². The minimum Gasteiger partial charge on any atom is -0.390 e. The molecule has 180 valence electrons. The van der Waals surface area contributed by atoms with E-state index in [4.69, 9.17) is 4.74 Å². The van der Waals surface area contributed by atoms with Crippen molar-refractivity contribution in [3.8, 4) is 0 Å². The number of methoxy groups -OCH3 is 1. The highest BCUT2D eigenvalue weighted by atomic mass is 19.1. The number of rotatable bonds is 10. The molecule has 0 saturated carbocycles. The van der Waals surface area contributed by atoms with Crippen LogP contribution in [0, 0.1) is 5.82 Å². The van der Waals surface area contributed by atoms with Gasteiger partial charge in [-0.05, 0) is 59.5 Å². The van der Waals surface area contributed by atoms with Crippen molar-refractivity contribution < 1.29 is 14.2 Å². The third-order valence-corrected chi connectivity index (χ3v) is 6.27. The number of ether oxygens (including phenoxy) is 1. The Morgan fingerprint density at radius 3 is 2.06 bits per heavy atom. The molecule has 0 aromatic heterocycles. The first-order chi connectivity index (χ1) is 16.6. The average Bonchev–Trinajstić information content (AvgIpc) is 2.86. The quantitative estimate of drug-likeness (QED) is 0.473. The zero-order chi connectivity index (χ0) is 23.8. The number of aliphatic hydroxyl groups is 1. The number of hydrogen-bond acceptors (Lipinski definition) is 5. The Balaban J connectivity index is 1.18. The van der Waals surface area contributed by atoms with E-state index in [0.717, 1.165) is 49.4 Å². The fourth-order valence-electron chi connectivity index (χ4n) is 4.33. The summed E-state index contributed by atoms with van der Waals surface area (Å²) in [6.07, 6.45) is 0.383. The van der Waals surface area contributed by atoms with E-state index in [0.29, 0.717) is 19.7 Å². The summed E-state index contributed by atoms with van der Waals surface area (Å²) in [5, 5.41) is 13.8. The second-order valence-electron chi connectivity index (χ2n) is 8.92. The molecule has 1 aliphatic heterocycles. The molecule has 3 aromatic rings. The maximum Gasteiger partial charge on any atom is 0.123 e. The van der Waals surface area contributed by atoms with E-state index >= 15 is 0 Å². The van der Waals surface area contributed by atoms with Crippen molar-refractivity contribution in [2.24, 2.45) is 0 Å². The molecule has 0 amide bonds. The topological polar surface area (TPSA) is 48.0 Å². The molecule has 0 bridgehead atoms. The summed E-state index contributed by atoms with van der Waals surface area (Å²) in [4.78, 5) is 4.72. The maximum atomic E-state index is 13.1. The van der Waals surface area contributed by atoms with Crippen LogP contribution in [0.3, 0.4) is 0 Å². The molecule has 0 spiro atoms. The minimum atomic E-state index is -0.420. The second-order valence-corrected chi connectivity index (χ2v) is 8.92. The molecule has 1 aliphatic rings. The molecule has 4 rings (SSSR count). The largest absolute Gasteiger partial charge is 0.390 e. The zero-order valence-electron chi connectivity index (χ0n) is 19.8. The molecule has 1 unspecified atom stereocenters. The summed E-state index contributed by atoms with van der Waals surface area (Å²) in [6.45, 7) is 5.55. The summed E-state index contributed by atoms with van der Waals surface area (Å²) in [7, 11) is 1.69. The van der Waals surface area contributed by atoms with Gasteiger partial charge in [-0.3, -0.25) is 4.90 Å². The van der Waals surface area contributed by atoms with Crippen LogP contribution in [-0.4, -0.2) is 62.5 Å². The molecule has 1 heterocycles. The van der Waals surface area contributed by atoms with E-state index in [1.807, 2.05) is 36.4 Å². The van der Waals surface area contributed by atoms with Gasteiger partial charge in [-0.25, -0.2) is 4.39 Å². The first-order valence-electron chi connectivity index (χ1n) is 11.9. The van der Waals surface area contributed by atoms with Crippen molar-refractivity contribution in [3.05, 3.63) is 95.3 Å². The van der Waals surface area contributed by atoms with Gasteiger partial charge in [-0.1, -0.05) is 36.4 Å². The number of nitrogens with one attached hydrogen (secondary N) is 1. The van der Waals surface area contributed by atoms with Gasteiger partial charge in [-0.15, -0.1) is 0 Å². The van der Waals surface area contributed by atoms with Gasteiger partial charge in [0.25, 0.3) is 0 Å². The Morgan fingerprint density at radius 2 is 1.44 bits per heavy atom. The van der Waals surface area contributed by atoms with Gasteiger partial charge in [0.05, 0.1) is 12.7 Å². The van der Waals surface area contributed by atoms with Gasteiger partial charge >= 0.3 is 0 Å². The van der Waals surface area contributed by atoms with Crippen LogP contribution in [0.1, 0.15) is 16.7 Å². The van der Waals surface area contributed by atoms with Gasteiger partial charge in [0.2, 0.25) is 0 Å². The van der Waals surface area contributed by atoms with Crippen LogP contribution in [0.5, 0.6) is 0 Å². The molecule has 1 atom stereocenters. The SMILES string of the molecule is COCc1ccc(NCC(O)CN2CCN(c3ccc(Cc4ccc(F)cc4)cc3)CC2)cc1. The van der Waals surface area contributed by atoms with E-state index < -0.39 is 6.10 Å². The van der Waals surface area contributed by atoms with Gasteiger partial charge < -0.3 is 20.1 Å². The number of anilines is 2. The Kier molecular flexibility index (Phi) is 8.52. The number of β-amino-alcohol motifs (C(OH)–C–C–N with tert-alkyl or cyclic N) is 1. The van der Waals surface area contributed by atoms with Crippen LogP contribution in [0.25, 0.3) is 0 Å². The third-order valence-electron chi connectivity index (χ3n) is 6.27. The zero-order valence-corrected chi connectivity index (χ0v) is 19.8. The Labute approximate surface area is 201 Å². The molecule has 0 radical (unpaired) electrons. The summed E-state index contributed by atoms with van der Waals surface area (Å²) in [5.41, 5.74) is 5.69. The summed E-state index contributed by atoms with van der Waals surface area (Å²) in [6, 6.07) is 23.5. The Bertz CT molecular complexity index is 1000. The van der Waals surface area contributed by atoms with E-state index in [1.54, 1.807) is 7.11 Å². The van der Waals surface area contributed by atoms with Crippen LogP contribution in [0.2, 0.25) is 0 Å². The second kappa shape index (κ2) is 12.0. The van der Waals surface area contributed by atoms with E-state index in [-0.39, 0.29) is 5.82 Å². The predicted octanol–water partition coefficient (Wildman–Crippen LogP) is 4.16. The molecule has 3 aromatic carbocycles. The van der Waals surface area contributed by atoms with Gasteiger partial charge in [0.15, 0.2) is 0 Å². The van der Waals surface area contributed by atoms with Crippen LogP contribution < -0.4 is 10.2 Å². The number of nitrogens with zero attached hydrogens (tertiary/aromatic N) is 2. The lowest BCUT2D eigenvalue weighted by Gasteiger charge is -2.37. The van der Waals surface area contributed by atoms with E-state index in [1.165, 1.54) is 23.4 Å². The predicted molar refractivity (Wildman–Crippen MR) is 136 cm³/mol. The molecule has 0 aliphatic carbocycles. The number of halogens is 1. The van der Waals surface area contributed by atoms with Crippen molar-refractivity contribution in [1.29, 1.82) is 0 Å². The highest BCUT2D eigenvalue weighted by Crippen LogP contribution is 2.19. The Hall–Kier alpha value is -2.93. The third kappa shape index (κ3) is 7.03. The van der Waals surface area contributed by atoms with Gasteiger partial charge in [-0.2, -0.15) is 0 Å². The van der Waals surface area contributed by atoms with Crippen molar-refractivity contribution in [3.63, 3.8) is 0 Å². The summed E-state index contributed by atoms with van der Waals surface area (Å²) < 4.78 is 18.2. The minimum absolute atomic E-state index is 0.199. The van der Waals surface area contributed by atoms with Crippen molar-refractivity contribution in [2.45, 2.75) is 19.1 Å². The summed E-state index contributed by atoms with van der Waals surface area (Å²) in [5.74, 6) is -0.199. The lowest BCUT2D eigenvalue weighted by atomic mass is 10.0. The first-order valence-corrected chi connectivity index (χ1v) is 11.9. The van der Waals surface area contributed by atoms with Crippen LogP contribution in [-0.2, 0) is 17.8 Å². The van der Waals surface area contributed by atoms with Crippen LogP contribution >= 0.6 is 0 Å². The fourth-order valence-corrected chi connectivity index (χ4v) is 4.33. The lowest BCUT2D eigenvalue weighted by Crippen LogP contribution is -2.49. The molecule has 6 heteroatoms. The maximum absolute atomic E-state index is 13.1. The average molecular weight is 464 g/mol. The van der Waals surface area contributed by atoms with Gasteiger partial charge in [0.1, 0.15) is 5.82 Å². The number of hydrogen-bond donors (Lipinski definition) is 2. The standard InChI is InChI=1S/C28H34FN3O2/c1-34-21-24-4-10-26(11-5-24)30-19-28(33)20-31-14-16-32(17-15-31)27-12-6-23(7-13-27)18-22-2-8-25(29)9-3-22/h2-13,28,30,33H,14-21H2,1H3. The van der Waals surface area contributed by atoms with E-state index in [9.17, 15) is 9.50 Å². The van der Waals surface area contributed by atoms with Crippen LogP contribution in [0.4, 0.5) is 15.8 Å². The molecule has 1 saturated heterocycles. The van der Waals surface area contributed by atoms with Crippen molar-refractivity contribution in [1.82, 2.24) is 4.90 Å². The van der Waals surface area contributed by atoms with Gasteiger partial charge in [0, 0.05) is 57.8 Å². The van der Waals surface area contributed by atoms with Crippen molar-refractivity contribution >= 4 is 11.4 Å². The normalized spacial score (nSPS) is 15.3.